The van der Waals surface area contributed by atoms with Gasteiger partial charge in [0, 0.05) is 12.1 Å². The summed E-state index contributed by atoms with van der Waals surface area (Å²) in [6.07, 6.45) is 0. The van der Waals surface area contributed by atoms with Gasteiger partial charge in [-0.3, -0.25) is 5.32 Å². The maximum Gasteiger partial charge on any atom is 0.125 e. The zero-order chi connectivity index (χ0) is 13.5. The lowest BCUT2D eigenvalue weighted by Crippen LogP contribution is -2.20. The fourth-order valence-corrected chi connectivity index (χ4v) is 1.95. The second-order valence-corrected chi connectivity index (χ2v) is 4.17. The maximum absolute atomic E-state index is 9.31. The molecule has 0 bridgehead atoms. The molecule has 2 rings (SSSR count). The first-order valence-corrected chi connectivity index (χ1v) is 6.15. The summed E-state index contributed by atoms with van der Waals surface area (Å²) < 4.78 is 5.29. The topological polar surface area (TPSA) is 45.0 Å². The summed E-state index contributed by atoms with van der Waals surface area (Å²) in [5, 5.41) is 12.5. The van der Waals surface area contributed by atoms with Gasteiger partial charge in [-0.1, -0.05) is 48.5 Å². The first kappa shape index (κ1) is 13.1. The number of nitrogens with zero attached hydrogens (tertiary/aromatic N) is 1. The van der Waals surface area contributed by atoms with Crippen LogP contribution in [0.5, 0.6) is 5.75 Å². The van der Waals surface area contributed by atoms with Crippen molar-refractivity contribution < 1.29 is 4.74 Å². The number of hydrogen-bond donors (Lipinski definition) is 1. The Morgan fingerprint density at radius 3 is 2.47 bits per heavy atom. The number of hydrogen-bond acceptors (Lipinski definition) is 3. The van der Waals surface area contributed by atoms with Crippen molar-refractivity contribution in [3.05, 3.63) is 65.7 Å². The summed E-state index contributed by atoms with van der Waals surface area (Å²) in [4.78, 5) is 0. The molecule has 0 unspecified atom stereocenters. The van der Waals surface area contributed by atoms with Crippen LogP contribution in [0.15, 0.2) is 54.6 Å². The van der Waals surface area contributed by atoms with E-state index >= 15 is 0 Å². The minimum absolute atomic E-state index is 0.378. The largest absolute Gasteiger partial charge is 0.496 e. The molecule has 0 heterocycles. The van der Waals surface area contributed by atoms with Crippen molar-refractivity contribution in [1.29, 1.82) is 5.26 Å². The van der Waals surface area contributed by atoms with Crippen LogP contribution < -0.4 is 10.1 Å². The van der Waals surface area contributed by atoms with Crippen LogP contribution in [0, 0.1) is 11.3 Å². The lowest BCUT2D eigenvalue weighted by Gasteiger charge is -2.15. The first-order valence-electron chi connectivity index (χ1n) is 6.15. The Kier molecular flexibility index (Phi) is 4.54. The molecular weight excluding hydrogens is 236 g/mol. The zero-order valence-corrected chi connectivity index (χ0v) is 10.8. The van der Waals surface area contributed by atoms with Crippen LogP contribution in [0.2, 0.25) is 0 Å². The van der Waals surface area contributed by atoms with Gasteiger partial charge in [0.1, 0.15) is 11.8 Å². The number of nitrogens with one attached hydrogen (secondary N) is 1. The quantitative estimate of drug-likeness (QED) is 0.889. The highest BCUT2D eigenvalue weighted by atomic mass is 16.5. The first-order chi connectivity index (χ1) is 9.35. The van der Waals surface area contributed by atoms with Gasteiger partial charge in [-0.2, -0.15) is 5.26 Å². The summed E-state index contributed by atoms with van der Waals surface area (Å²) in [6.45, 7) is 0.650. The summed E-state index contributed by atoms with van der Waals surface area (Å²) in [7, 11) is 1.62. The average Bonchev–Trinajstić information content (AvgIpc) is 2.49. The molecule has 0 saturated carbocycles. The van der Waals surface area contributed by atoms with Crippen LogP contribution in [0.4, 0.5) is 0 Å². The summed E-state index contributed by atoms with van der Waals surface area (Å²) in [6, 6.07) is 19.5. The lowest BCUT2D eigenvalue weighted by molar-refractivity contribution is 0.405. The molecule has 19 heavy (non-hydrogen) atoms. The van der Waals surface area contributed by atoms with Crippen molar-refractivity contribution in [1.82, 2.24) is 5.32 Å². The molecule has 0 aliphatic rings. The van der Waals surface area contributed by atoms with Gasteiger partial charge in [0.25, 0.3) is 0 Å². The molecule has 0 aliphatic heterocycles. The number of para-hydroxylation sites is 1. The van der Waals surface area contributed by atoms with Crippen molar-refractivity contribution in [2.75, 3.05) is 7.11 Å². The minimum atomic E-state index is -0.378. The van der Waals surface area contributed by atoms with E-state index in [2.05, 4.69) is 11.4 Å². The van der Waals surface area contributed by atoms with Crippen LogP contribution in [0.25, 0.3) is 0 Å². The molecule has 1 N–H and O–H groups in total. The van der Waals surface area contributed by atoms with E-state index in [1.54, 1.807) is 7.11 Å². The molecule has 3 heteroatoms. The molecule has 0 spiro atoms. The number of benzene rings is 2. The lowest BCUT2D eigenvalue weighted by atomic mass is 10.1. The molecule has 96 valence electrons. The standard InChI is InChI=1S/C16H16N2O/c1-19-16-10-6-5-9-14(16)15(11-17)18-12-13-7-3-2-4-8-13/h2-10,15,18H,12H2,1H3/t15-/m1/s1. The number of methoxy groups -OCH3 is 1. The van der Waals surface area contributed by atoms with E-state index in [0.29, 0.717) is 6.54 Å². The second kappa shape index (κ2) is 6.58. The van der Waals surface area contributed by atoms with Gasteiger partial charge < -0.3 is 4.74 Å². The van der Waals surface area contributed by atoms with Crippen molar-refractivity contribution in [2.24, 2.45) is 0 Å². The van der Waals surface area contributed by atoms with Crippen molar-refractivity contribution in [3.63, 3.8) is 0 Å². The molecule has 0 aliphatic carbocycles. The normalized spacial score (nSPS) is 11.6. The van der Waals surface area contributed by atoms with E-state index in [1.807, 2.05) is 54.6 Å². The van der Waals surface area contributed by atoms with Crippen LogP contribution in [-0.2, 0) is 6.54 Å². The van der Waals surface area contributed by atoms with E-state index in [4.69, 9.17) is 4.74 Å². The third kappa shape index (κ3) is 3.34. The number of nitriles is 1. The molecule has 0 saturated heterocycles. The van der Waals surface area contributed by atoms with Gasteiger partial charge in [-0.25, -0.2) is 0 Å². The average molecular weight is 252 g/mol. The number of rotatable bonds is 5. The fourth-order valence-electron chi connectivity index (χ4n) is 1.95. The predicted octanol–water partition coefficient (Wildman–Crippen LogP) is 3.05. The monoisotopic (exact) mass is 252 g/mol. The van der Waals surface area contributed by atoms with Crippen LogP contribution in [0.1, 0.15) is 17.2 Å². The van der Waals surface area contributed by atoms with Gasteiger partial charge in [0.05, 0.1) is 13.2 Å². The Labute approximate surface area is 113 Å². The Hall–Kier alpha value is -2.31. The van der Waals surface area contributed by atoms with E-state index in [-0.39, 0.29) is 6.04 Å². The predicted molar refractivity (Wildman–Crippen MR) is 74.6 cm³/mol. The highest BCUT2D eigenvalue weighted by molar-refractivity contribution is 5.38. The molecule has 2 aromatic rings. The Morgan fingerprint density at radius 1 is 1.11 bits per heavy atom. The third-order valence-corrected chi connectivity index (χ3v) is 2.93. The van der Waals surface area contributed by atoms with Crippen LogP contribution in [0.3, 0.4) is 0 Å². The van der Waals surface area contributed by atoms with Crippen molar-refractivity contribution in [3.8, 4) is 11.8 Å². The van der Waals surface area contributed by atoms with Crippen LogP contribution in [-0.4, -0.2) is 7.11 Å². The van der Waals surface area contributed by atoms with Crippen LogP contribution >= 0.6 is 0 Å². The highest BCUT2D eigenvalue weighted by Gasteiger charge is 2.14. The molecule has 0 radical (unpaired) electrons. The van der Waals surface area contributed by atoms with E-state index in [9.17, 15) is 5.26 Å². The fraction of sp³-hybridized carbons (Fsp3) is 0.188. The van der Waals surface area contributed by atoms with E-state index < -0.39 is 0 Å². The van der Waals surface area contributed by atoms with Gasteiger partial charge in [0.15, 0.2) is 0 Å². The van der Waals surface area contributed by atoms with Crippen molar-refractivity contribution >= 4 is 0 Å². The Morgan fingerprint density at radius 2 is 1.79 bits per heavy atom. The van der Waals surface area contributed by atoms with E-state index in [1.165, 1.54) is 0 Å². The van der Waals surface area contributed by atoms with Crippen molar-refractivity contribution in [2.45, 2.75) is 12.6 Å². The van der Waals surface area contributed by atoms with Gasteiger partial charge in [-0.05, 0) is 11.6 Å². The molecule has 2 aromatic carbocycles. The smallest absolute Gasteiger partial charge is 0.125 e. The highest BCUT2D eigenvalue weighted by Crippen LogP contribution is 2.24. The molecule has 0 fully saturated rings. The molecule has 0 aromatic heterocycles. The Balaban J connectivity index is 2.11. The van der Waals surface area contributed by atoms with Gasteiger partial charge in [-0.15, -0.1) is 0 Å². The molecule has 3 nitrogen and oxygen atoms in total. The Bertz CT molecular complexity index is 560. The zero-order valence-electron chi connectivity index (χ0n) is 10.8. The van der Waals surface area contributed by atoms with Gasteiger partial charge in [0.2, 0.25) is 0 Å². The van der Waals surface area contributed by atoms with E-state index in [0.717, 1.165) is 16.9 Å². The molecule has 0 amide bonds. The molecular formula is C16H16N2O. The summed E-state index contributed by atoms with van der Waals surface area (Å²) >= 11 is 0. The molecule has 1 atom stereocenters. The third-order valence-electron chi connectivity index (χ3n) is 2.93. The SMILES string of the molecule is COc1ccccc1[C@@H](C#N)NCc1ccccc1. The van der Waals surface area contributed by atoms with Gasteiger partial charge >= 0.3 is 0 Å². The second-order valence-electron chi connectivity index (χ2n) is 4.17. The minimum Gasteiger partial charge on any atom is -0.496 e. The number of ether oxygens (including phenoxy) is 1. The summed E-state index contributed by atoms with van der Waals surface area (Å²) in [5.74, 6) is 0.731. The summed E-state index contributed by atoms with van der Waals surface area (Å²) in [5.41, 5.74) is 2.01. The maximum atomic E-state index is 9.31.